The van der Waals surface area contributed by atoms with Crippen molar-refractivity contribution in [1.82, 2.24) is 19.6 Å². The van der Waals surface area contributed by atoms with Gasteiger partial charge in [0.25, 0.3) is 0 Å². The lowest BCUT2D eigenvalue weighted by molar-refractivity contribution is 0.00578. The molecule has 2 aromatic heterocycles. The molecule has 0 radical (unpaired) electrons. The fourth-order valence-corrected chi connectivity index (χ4v) is 6.21. The van der Waals surface area contributed by atoms with Crippen LogP contribution in [-0.4, -0.2) is 77.5 Å². The molecule has 2 N–H and O–H groups in total. The fourth-order valence-electron chi connectivity index (χ4n) is 4.43. The van der Waals surface area contributed by atoms with Crippen LogP contribution in [0, 0.1) is 0 Å². The van der Waals surface area contributed by atoms with Gasteiger partial charge in [0, 0.05) is 51.8 Å². The first-order chi connectivity index (χ1) is 23.3. The zero-order valence-electron chi connectivity index (χ0n) is 31.4. The summed E-state index contributed by atoms with van der Waals surface area (Å²) in [6, 6.07) is 20.1. The molecule has 0 amide bonds. The summed E-state index contributed by atoms with van der Waals surface area (Å²) in [7, 11) is -2.50. The number of hydrogen-bond donors (Lipinski definition) is 2. The van der Waals surface area contributed by atoms with Gasteiger partial charge in [-0.3, -0.25) is 0 Å². The zero-order valence-corrected chi connectivity index (χ0v) is 35.0. The van der Waals surface area contributed by atoms with Gasteiger partial charge >= 0.3 is 7.12 Å². The predicted octanol–water partition coefficient (Wildman–Crippen LogP) is 8.85. The van der Waals surface area contributed by atoms with Crippen molar-refractivity contribution in [3.05, 3.63) is 77.5 Å². The molecule has 1 aliphatic rings. The van der Waals surface area contributed by atoms with E-state index in [0.717, 1.165) is 46.6 Å². The van der Waals surface area contributed by atoms with Crippen molar-refractivity contribution in [3.63, 3.8) is 0 Å². The molecule has 282 valence electrons. The maximum atomic E-state index is 9.33. The number of halogens is 1. The van der Waals surface area contributed by atoms with Crippen molar-refractivity contribution in [3.8, 4) is 22.8 Å². The summed E-state index contributed by atoms with van der Waals surface area (Å²) < 4.78 is 28.3. The largest absolute Gasteiger partial charge is 0.514 e. The van der Waals surface area contributed by atoms with Crippen LogP contribution in [0.15, 0.2) is 77.5 Å². The molecule has 14 heteroatoms. The average Bonchev–Trinajstić information content (AvgIpc) is 3.73. The molecule has 0 unspecified atom stereocenters. The van der Waals surface area contributed by atoms with E-state index in [9.17, 15) is 5.11 Å². The topological polar surface area (TPSA) is 113 Å². The molecule has 0 atom stereocenters. The van der Waals surface area contributed by atoms with Gasteiger partial charge in [0.05, 0.1) is 22.5 Å². The molecule has 1 fully saturated rings. The third-order valence-electron chi connectivity index (χ3n) is 8.37. The lowest BCUT2D eigenvalue weighted by atomic mass is 9.85. The first-order valence-electron chi connectivity index (χ1n) is 17.0. The van der Waals surface area contributed by atoms with Crippen LogP contribution >= 0.6 is 15.9 Å². The third kappa shape index (κ3) is 15.0. The Morgan fingerprint density at radius 2 is 1.12 bits per heavy atom. The number of aromatic nitrogens is 4. The minimum absolute atomic E-state index is 0. The molecule has 1 saturated heterocycles. The third-order valence-corrected chi connectivity index (χ3v) is 12.3. The SMILES string of the molecule is C.CC1(C)OB(c2ccnn2COCC[Si](C)(C)C)OC1(C)C.C[Si](C)(C)CCOCn1nccc1-c1ccc(O)cc1.Oc1ccc(Br)cc1. The number of benzene rings is 2. The fraction of sp³-hybridized carbons (Fsp3) is 0.514. The molecule has 0 spiro atoms. The Kier molecular flexibility index (Phi) is 16.9. The van der Waals surface area contributed by atoms with Crippen LogP contribution in [-0.2, 0) is 32.2 Å². The molecule has 1 aliphatic heterocycles. The first kappa shape index (κ1) is 44.4. The van der Waals surface area contributed by atoms with Gasteiger partial charge in [0.2, 0.25) is 0 Å². The molecule has 4 aromatic rings. The predicted molar refractivity (Wildman–Crippen MR) is 218 cm³/mol. The minimum Gasteiger partial charge on any atom is -0.508 e. The monoisotopic (exact) mass is 802 g/mol. The van der Waals surface area contributed by atoms with Crippen LogP contribution in [0.1, 0.15) is 35.1 Å². The first-order valence-corrected chi connectivity index (χ1v) is 25.3. The number of phenols is 2. The highest BCUT2D eigenvalue weighted by atomic mass is 79.9. The van der Waals surface area contributed by atoms with Gasteiger partial charge in [-0.25, -0.2) is 9.36 Å². The Labute approximate surface area is 316 Å². The minimum atomic E-state index is -1.06. The average molecular weight is 804 g/mol. The van der Waals surface area contributed by atoms with Gasteiger partial charge in [-0.2, -0.15) is 10.2 Å². The van der Waals surface area contributed by atoms with Crippen molar-refractivity contribution in [1.29, 1.82) is 0 Å². The van der Waals surface area contributed by atoms with Crippen molar-refractivity contribution in [2.75, 3.05) is 13.2 Å². The van der Waals surface area contributed by atoms with E-state index in [1.807, 2.05) is 33.6 Å². The number of phenolic OH excluding ortho intramolecular Hbond substituents is 2. The summed E-state index contributed by atoms with van der Waals surface area (Å²) in [5.74, 6) is 0.569. The second-order valence-electron chi connectivity index (χ2n) is 15.8. The number of aromatic hydroxyl groups is 2. The highest BCUT2D eigenvalue weighted by Gasteiger charge is 2.52. The Balaban J connectivity index is 0.000000287. The zero-order chi connectivity index (χ0) is 37.2. The van der Waals surface area contributed by atoms with E-state index >= 15 is 0 Å². The van der Waals surface area contributed by atoms with Crippen LogP contribution in [0.25, 0.3) is 11.3 Å². The second kappa shape index (κ2) is 19.4. The lowest BCUT2D eigenvalue weighted by Gasteiger charge is -2.32. The molecule has 5 rings (SSSR count). The van der Waals surface area contributed by atoms with Crippen LogP contribution in [0.4, 0.5) is 0 Å². The molecular weight excluding hydrogens is 743 g/mol. The van der Waals surface area contributed by atoms with Crippen LogP contribution in [0.5, 0.6) is 11.5 Å². The van der Waals surface area contributed by atoms with Gasteiger partial charge in [-0.15, -0.1) is 0 Å². The highest BCUT2D eigenvalue weighted by Crippen LogP contribution is 2.36. The summed E-state index contributed by atoms with van der Waals surface area (Å²) in [4.78, 5) is 0. The van der Waals surface area contributed by atoms with Gasteiger partial charge in [-0.05, 0) is 100 Å². The highest BCUT2D eigenvalue weighted by molar-refractivity contribution is 9.10. The summed E-state index contributed by atoms with van der Waals surface area (Å²) >= 11 is 3.23. The van der Waals surface area contributed by atoms with Crippen LogP contribution in [0.2, 0.25) is 51.4 Å². The standard InChI is InChI=1S/C15H29BN2O3Si.C15H22N2O2Si.C6H5BrO.CH4/c1-14(2)15(3,4)21-16(20-14)13-8-9-17-18(13)12-19-10-11-22(5,6)7;1-20(2,3)11-10-19-12-17-15(8-9-16-17)13-4-6-14(18)7-5-13;7-5-1-3-6(8)4-2-5;/h8-9H,10-12H2,1-7H3;4-9,18H,10-12H2,1-3H3;1-4,8H;1H4. The van der Waals surface area contributed by atoms with Gasteiger partial charge < -0.3 is 29.0 Å². The van der Waals surface area contributed by atoms with Crippen LogP contribution in [0.3, 0.4) is 0 Å². The van der Waals surface area contributed by atoms with E-state index in [1.54, 1.807) is 48.8 Å². The van der Waals surface area contributed by atoms with Gasteiger partial charge in [-0.1, -0.05) is 62.6 Å². The number of rotatable bonds is 12. The van der Waals surface area contributed by atoms with E-state index < -0.39 is 23.3 Å². The quantitative estimate of drug-likeness (QED) is 0.108. The summed E-state index contributed by atoms with van der Waals surface area (Å²) in [5.41, 5.74) is 2.25. The van der Waals surface area contributed by atoms with E-state index in [1.165, 1.54) is 0 Å². The number of hydrogen-bond acceptors (Lipinski definition) is 8. The number of ether oxygens (including phenoxy) is 2. The smallest absolute Gasteiger partial charge is 0.508 e. The maximum Gasteiger partial charge on any atom is 0.514 e. The van der Waals surface area contributed by atoms with Crippen molar-refractivity contribution < 1.29 is 29.0 Å². The lowest BCUT2D eigenvalue weighted by Crippen LogP contribution is -2.41. The second-order valence-corrected chi connectivity index (χ2v) is 27.9. The molecule has 2 aromatic carbocycles. The molecule has 10 nitrogen and oxygen atoms in total. The van der Waals surface area contributed by atoms with Gasteiger partial charge in [0.1, 0.15) is 25.0 Å². The Hall–Kier alpha value is -2.72. The molecule has 51 heavy (non-hydrogen) atoms. The van der Waals surface area contributed by atoms with Crippen LogP contribution < -0.4 is 5.59 Å². The van der Waals surface area contributed by atoms with E-state index in [2.05, 4.69) is 93.1 Å². The molecule has 3 heterocycles. The summed E-state index contributed by atoms with van der Waals surface area (Å²) in [5, 5.41) is 26.7. The van der Waals surface area contributed by atoms with Gasteiger partial charge in [0.15, 0.2) is 0 Å². The Bertz CT molecular complexity index is 1550. The molecule has 0 aliphatic carbocycles. The van der Waals surface area contributed by atoms with E-state index in [0.29, 0.717) is 19.2 Å². The summed E-state index contributed by atoms with van der Waals surface area (Å²) in [6.07, 6.45) is 3.53. The van der Waals surface area contributed by atoms with Crippen molar-refractivity contribution in [2.24, 2.45) is 0 Å². The molecule has 0 bridgehead atoms. The Morgan fingerprint density at radius 3 is 1.59 bits per heavy atom. The molecule has 0 saturated carbocycles. The Morgan fingerprint density at radius 1 is 0.686 bits per heavy atom. The van der Waals surface area contributed by atoms with Crippen molar-refractivity contribution >= 4 is 44.8 Å². The van der Waals surface area contributed by atoms with E-state index in [4.69, 9.17) is 23.9 Å². The molecular formula is C37H60BBrN4O6Si2. The van der Waals surface area contributed by atoms with Crippen molar-refractivity contribution in [2.45, 2.75) is 111 Å². The normalized spacial score (nSPS) is 14.9. The number of nitrogens with zero attached hydrogens (tertiary/aromatic N) is 4. The van der Waals surface area contributed by atoms with E-state index in [-0.39, 0.29) is 24.4 Å². The summed E-state index contributed by atoms with van der Waals surface area (Å²) in [6.45, 7) is 24.7. The maximum absolute atomic E-state index is 9.33.